The van der Waals surface area contributed by atoms with Crippen molar-refractivity contribution in [3.05, 3.63) is 0 Å². The summed E-state index contributed by atoms with van der Waals surface area (Å²) < 4.78 is 143. The van der Waals surface area contributed by atoms with Crippen LogP contribution in [0.5, 0.6) is 0 Å². The fourth-order valence-electron chi connectivity index (χ4n) is 0. The van der Waals surface area contributed by atoms with Gasteiger partial charge < -0.3 is 35.6 Å². The van der Waals surface area contributed by atoms with E-state index in [1.165, 1.54) is 0 Å². The molecule has 17 N–H and O–H groups in total. The molecule has 0 saturated carbocycles. The van der Waals surface area contributed by atoms with Crippen LogP contribution in [0.3, 0.4) is 0 Å². The van der Waals surface area contributed by atoms with Crippen molar-refractivity contribution in [3.63, 3.8) is 0 Å². The first-order valence-electron chi connectivity index (χ1n) is 4.37. The molecule has 0 heterocycles. The molecule has 0 spiro atoms. The number of quaternary nitrogens is 3. The molecule has 0 rings (SSSR count). The molecule has 1 radical (unpaired) electrons. The summed E-state index contributed by atoms with van der Waals surface area (Å²) in [6.07, 6.45) is 0. The predicted octanol–water partition coefficient (Wildman–Crippen LogP) is -14.4. The van der Waals surface area contributed by atoms with E-state index >= 15 is 0 Å². The third-order valence-electron chi connectivity index (χ3n) is 0.433. The second-order valence-electron chi connectivity index (χ2n) is 1.78. The van der Waals surface area contributed by atoms with E-state index in [2.05, 4.69) is 30.5 Å². The zero-order valence-electron chi connectivity index (χ0n) is 21.8. The van der Waals surface area contributed by atoms with Crippen LogP contribution in [0.15, 0.2) is 0 Å². The summed E-state index contributed by atoms with van der Waals surface area (Å²) in [5.41, 5.74) is 0. The van der Waals surface area contributed by atoms with Gasteiger partial charge in [-0.05, 0) is 0 Å². The third-order valence-corrected chi connectivity index (χ3v) is 1.30. The second kappa shape index (κ2) is 167. The van der Waals surface area contributed by atoms with E-state index in [1.54, 1.807) is 0 Å². The Balaban J connectivity index is -0.00000000531. The quantitative estimate of drug-likeness (QED) is 0.102. The Morgan fingerprint density at radius 1 is 0.380 bits per heavy atom. The summed E-state index contributed by atoms with van der Waals surface area (Å²) in [6, 6.07) is 0. The van der Waals surface area contributed by atoms with E-state index in [9.17, 15) is 0 Å². The topological polar surface area (TPSA) is 529 Å². The van der Waals surface area contributed by atoms with Crippen molar-refractivity contribution < 1.29 is 561 Å². The van der Waals surface area contributed by atoms with E-state index in [-0.39, 0.29) is 316 Å². The van der Waals surface area contributed by atoms with Crippen LogP contribution in [0.1, 0.15) is 0 Å². The predicted molar refractivity (Wildman–Crippen MR) is 57.5 cm³/mol. The summed E-state index contributed by atoms with van der Waals surface area (Å²) in [6.45, 7) is 0. The Labute approximate surface area is 577 Å². The SMILES string of the molecule is O.O.O.O.[Ce+3].[Mo].[Mo].[Mo].[Mo].[Mo].[Mo].[Mo].[Mo].[Mo].[Mo].[Mo].[Mo].[Mo]=[Mo].[Mo]=[Mo].[Mo]=[Mo].[NH3+]OS(=O)(=O)[O-].[NH3+]OS(=O)(=O)[O-].[NH3+]OS(=O)(=O)[O-].[O]=[Mo][O-].[O]=[Mo][O-].[O]=[Mo][O-]. The van der Waals surface area contributed by atoms with Crippen molar-refractivity contribution in [2.45, 2.75) is 0 Å². The van der Waals surface area contributed by atoms with Gasteiger partial charge in [0, 0.05) is 253 Å². The summed E-state index contributed by atoms with van der Waals surface area (Å²) in [5.74, 6) is 7.07. The zero-order valence-corrected chi connectivity index (χ0v) is 69.5. The number of hydrogen-bond donors (Lipinski definition) is 3. The molecule has 0 atom stereocenters. The van der Waals surface area contributed by atoms with Crippen LogP contribution in [0, 0.1) is 41.7 Å². The van der Waals surface area contributed by atoms with Crippen LogP contribution in [0.25, 0.3) is 0 Å². The molecule has 0 aliphatic heterocycles. The van der Waals surface area contributed by atoms with Crippen molar-refractivity contribution in [1.29, 1.82) is 0 Å². The maximum atomic E-state index is 9.16. The van der Waals surface area contributed by atoms with Gasteiger partial charge in [0.25, 0.3) is 31.2 Å². The van der Waals surface area contributed by atoms with Gasteiger partial charge in [-0.2, -0.15) is 17.7 Å². The molecule has 0 saturated heterocycles. The van der Waals surface area contributed by atoms with Gasteiger partial charge in [-0.3, -0.25) is 0 Å². The molecule has 0 amide bonds. The summed E-state index contributed by atoms with van der Waals surface area (Å²) in [7, 11) is -13.6. The van der Waals surface area contributed by atoms with Crippen LogP contribution >= 0.6 is 0 Å². The van der Waals surface area contributed by atoms with Crippen molar-refractivity contribution in [3.8, 4) is 0 Å². The Hall–Kier alpha value is 14.4. The fraction of sp³-hybridized carbons (Fsp3) is 0. The van der Waals surface area contributed by atoms with Gasteiger partial charge in [0.2, 0.25) is 0 Å². The first-order valence-corrected chi connectivity index (χ1v) is 30.3. The van der Waals surface area contributed by atoms with E-state index in [1.807, 2.05) is 97.3 Å². The molecular weight excluding hydrogens is 2650 g/mol. The third kappa shape index (κ3) is 429. The molecule has 0 bridgehead atoms. The molecular formula is H17CeMo21N3O22S3. The minimum absolute atomic E-state index is 0. The van der Waals surface area contributed by atoms with E-state index in [4.69, 9.17) is 60.4 Å². The second-order valence-corrected chi connectivity index (χ2v) is 5.94. The molecule has 312 valence electrons. The number of rotatable bonds is 3. The maximum absolute atomic E-state index is 9.16. The van der Waals surface area contributed by atoms with Gasteiger partial charge in [-0.1, -0.05) is 12.9 Å². The van der Waals surface area contributed by atoms with Crippen LogP contribution < -0.4 is 29.0 Å². The first-order chi connectivity index (χ1) is 14.9. The van der Waals surface area contributed by atoms with Crippen LogP contribution in [0.4, 0.5) is 0 Å². The molecule has 50 heavy (non-hydrogen) atoms. The van der Waals surface area contributed by atoms with Gasteiger partial charge >= 0.3 is 217 Å². The van der Waals surface area contributed by atoms with E-state index in [0.717, 1.165) is 0 Å². The molecule has 0 aromatic heterocycles. The monoisotopic (exact) mass is 2700 g/mol. The molecule has 0 aromatic carbocycles. The van der Waals surface area contributed by atoms with Gasteiger partial charge in [0.1, 0.15) is 0 Å². The fourth-order valence-corrected chi connectivity index (χ4v) is 0. The Kier molecular flexibility index (Phi) is 588. The van der Waals surface area contributed by atoms with Crippen molar-refractivity contribution in [1.82, 2.24) is 0 Å². The first kappa shape index (κ1) is 176. The van der Waals surface area contributed by atoms with Gasteiger partial charge in [-0.15, -0.1) is 0 Å². The molecule has 0 aliphatic carbocycles. The molecule has 0 fully saturated rings. The van der Waals surface area contributed by atoms with Crippen molar-refractivity contribution in [2.75, 3.05) is 0 Å². The normalized spacial score (nSPS) is 5.22. The average Bonchev–Trinajstić information content (AvgIpc) is 2.73. The Morgan fingerprint density at radius 3 is 0.400 bits per heavy atom. The van der Waals surface area contributed by atoms with E-state index < -0.39 is 87.9 Å². The standard InChI is InChI=1S/Ce.21Mo.3H3NO4S.4H2O.6O/c;;;;;;;;;;;;;;;;;;;;;;3*1-5-6(2,3)4;;;;;;;;;;/h;;;;;;;;;;;;;;;;;;;;;;3*1H3;4*1H2;;;;;;/q+3;;;;;;;;;;;;;;;;;;;;;;;;;;;;;;;;3*-1. The van der Waals surface area contributed by atoms with Crippen molar-refractivity contribution >= 4 is 31.2 Å². The molecule has 25 nitrogen and oxygen atoms in total. The summed E-state index contributed by atoms with van der Waals surface area (Å²) >= 11 is 5.67. The summed E-state index contributed by atoms with van der Waals surface area (Å²) in [5, 5.41) is 0. The van der Waals surface area contributed by atoms with Crippen molar-refractivity contribution in [2.24, 2.45) is 0 Å². The van der Waals surface area contributed by atoms with Crippen LogP contribution in [-0.2, 0) is 461 Å². The van der Waals surface area contributed by atoms with Gasteiger partial charge in [0.05, 0.1) is 0 Å². The van der Waals surface area contributed by atoms with Crippen LogP contribution in [0.2, 0.25) is 0 Å². The Morgan fingerprint density at radius 2 is 0.400 bits per heavy atom. The Bertz CT molecular complexity index is 612. The average molecular weight is 2660 g/mol. The zero-order chi connectivity index (χ0) is 29.7. The summed E-state index contributed by atoms with van der Waals surface area (Å²) in [4.78, 5) is 0. The molecule has 0 unspecified atom stereocenters. The van der Waals surface area contributed by atoms with E-state index in [0.29, 0.717) is 0 Å². The molecule has 50 heteroatoms. The number of hydrogen-bond acceptors (Lipinski definition) is 18. The minimum atomic E-state index is -4.52. The molecule has 0 aromatic rings. The van der Waals surface area contributed by atoms with Crippen LogP contribution in [-0.4, -0.2) is 60.8 Å². The van der Waals surface area contributed by atoms with Gasteiger partial charge in [-0.25, -0.2) is 25.3 Å². The molecule has 0 aliphatic rings. The van der Waals surface area contributed by atoms with Gasteiger partial charge in [0.15, 0.2) is 0 Å².